The molecular weight excluding hydrogens is 224 g/mol. The first-order valence-corrected chi connectivity index (χ1v) is 6.87. The van der Waals surface area contributed by atoms with Crippen LogP contribution in [0.4, 0.5) is 11.6 Å². The van der Waals surface area contributed by atoms with Crippen molar-refractivity contribution < 1.29 is 0 Å². The van der Waals surface area contributed by atoms with Crippen LogP contribution in [0.25, 0.3) is 0 Å². The van der Waals surface area contributed by atoms with E-state index in [1.54, 1.807) is 6.33 Å². The fraction of sp³-hybridized carbons (Fsp3) is 0.714. The minimum absolute atomic E-state index is 0.336. The van der Waals surface area contributed by atoms with Crippen LogP contribution < -0.4 is 11.1 Å². The Morgan fingerprint density at radius 2 is 2.00 bits per heavy atom. The van der Waals surface area contributed by atoms with Crippen LogP contribution in [0, 0.1) is 11.8 Å². The molecule has 0 spiro atoms. The van der Waals surface area contributed by atoms with Gasteiger partial charge in [0.2, 0.25) is 0 Å². The highest BCUT2D eigenvalue weighted by molar-refractivity contribution is 5.57. The van der Waals surface area contributed by atoms with Gasteiger partial charge in [-0.3, -0.25) is 0 Å². The minimum atomic E-state index is 0.336. The summed E-state index contributed by atoms with van der Waals surface area (Å²) in [6.45, 7) is 8.89. The number of hydrogen-bond donors (Lipinski definition) is 2. The average Bonchev–Trinajstić information content (AvgIpc) is 2.60. The van der Waals surface area contributed by atoms with Gasteiger partial charge >= 0.3 is 0 Å². The molecule has 1 heterocycles. The maximum atomic E-state index is 5.97. The normalized spacial score (nSPS) is 27.7. The second-order valence-corrected chi connectivity index (χ2v) is 5.84. The predicted molar refractivity (Wildman–Crippen MR) is 75.5 cm³/mol. The number of aromatic nitrogens is 2. The van der Waals surface area contributed by atoms with Crippen LogP contribution in [0.3, 0.4) is 0 Å². The van der Waals surface area contributed by atoms with E-state index in [0.29, 0.717) is 23.7 Å². The van der Waals surface area contributed by atoms with Crippen LogP contribution in [0.2, 0.25) is 0 Å². The Hall–Kier alpha value is -1.32. The van der Waals surface area contributed by atoms with Gasteiger partial charge < -0.3 is 11.1 Å². The summed E-state index contributed by atoms with van der Waals surface area (Å²) >= 11 is 0. The molecule has 0 aromatic carbocycles. The molecule has 2 rings (SSSR count). The zero-order chi connectivity index (χ0) is 13.3. The molecule has 18 heavy (non-hydrogen) atoms. The van der Waals surface area contributed by atoms with Crippen molar-refractivity contribution in [1.82, 2.24) is 9.97 Å². The third kappa shape index (κ3) is 2.42. The SMILES string of the molecule is CC(C)c1c(N)ncnc1NC1CCC(C)C1C. The van der Waals surface area contributed by atoms with Crippen LogP contribution in [0.15, 0.2) is 6.33 Å². The summed E-state index contributed by atoms with van der Waals surface area (Å²) in [5.41, 5.74) is 7.01. The van der Waals surface area contributed by atoms with Crippen molar-refractivity contribution in [3.8, 4) is 0 Å². The standard InChI is InChI=1S/C14H24N4/c1-8(2)12-13(15)16-7-17-14(12)18-11-6-5-9(3)10(11)4/h7-11H,5-6H2,1-4H3,(H3,15,16,17,18). The molecule has 0 amide bonds. The molecule has 0 radical (unpaired) electrons. The van der Waals surface area contributed by atoms with Crippen LogP contribution in [-0.4, -0.2) is 16.0 Å². The van der Waals surface area contributed by atoms with Gasteiger partial charge in [-0.05, 0) is 30.6 Å². The maximum Gasteiger partial charge on any atom is 0.135 e. The molecular formula is C14H24N4. The van der Waals surface area contributed by atoms with E-state index in [-0.39, 0.29) is 0 Å². The highest BCUT2D eigenvalue weighted by Gasteiger charge is 2.30. The van der Waals surface area contributed by atoms with Crippen molar-refractivity contribution in [1.29, 1.82) is 0 Å². The lowest BCUT2D eigenvalue weighted by Crippen LogP contribution is -2.25. The molecule has 1 aromatic heterocycles. The third-order valence-corrected chi connectivity index (χ3v) is 4.28. The van der Waals surface area contributed by atoms with Crippen LogP contribution >= 0.6 is 0 Å². The number of nitrogens with two attached hydrogens (primary N) is 1. The van der Waals surface area contributed by atoms with Gasteiger partial charge in [0.25, 0.3) is 0 Å². The largest absolute Gasteiger partial charge is 0.383 e. The third-order valence-electron chi connectivity index (χ3n) is 4.28. The molecule has 0 aliphatic heterocycles. The molecule has 3 atom stereocenters. The van der Waals surface area contributed by atoms with Gasteiger partial charge in [0, 0.05) is 11.6 Å². The molecule has 1 aliphatic rings. The molecule has 0 bridgehead atoms. The first-order valence-electron chi connectivity index (χ1n) is 6.87. The van der Waals surface area contributed by atoms with Crippen molar-refractivity contribution in [2.24, 2.45) is 11.8 Å². The average molecular weight is 248 g/mol. The Labute approximate surface area is 109 Å². The van der Waals surface area contributed by atoms with Gasteiger partial charge in [0.05, 0.1) is 0 Å². The van der Waals surface area contributed by atoms with Crippen LogP contribution in [0.1, 0.15) is 52.0 Å². The Kier molecular flexibility index (Phi) is 3.73. The van der Waals surface area contributed by atoms with Gasteiger partial charge in [0.1, 0.15) is 18.0 Å². The fourth-order valence-electron chi connectivity index (χ4n) is 2.84. The zero-order valence-electron chi connectivity index (χ0n) is 11.8. The Balaban J connectivity index is 2.22. The molecule has 3 unspecified atom stereocenters. The monoisotopic (exact) mass is 248 g/mol. The smallest absolute Gasteiger partial charge is 0.135 e. The Morgan fingerprint density at radius 3 is 2.56 bits per heavy atom. The molecule has 1 aromatic rings. The summed E-state index contributed by atoms with van der Waals surface area (Å²) in [6.07, 6.45) is 4.05. The highest BCUT2D eigenvalue weighted by Crippen LogP contribution is 2.35. The summed E-state index contributed by atoms with van der Waals surface area (Å²) in [7, 11) is 0. The second kappa shape index (κ2) is 5.12. The lowest BCUT2D eigenvalue weighted by atomic mass is 9.97. The summed E-state index contributed by atoms with van der Waals surface area (Å²) in [4.78, 5) is 8.48. The van der Waals surface area contributed by atoms with E-state index in [1.807, 2.05) is 0 Å². The van der Waals surface area contributed by atoms with Crippen molar-refractivity contribution in [3.05, 3.63) is 11.9 Å². The molecule has 1 saturated carbocycles. The van der Waals surface area contributed by atoms with Gasteiger partial charge in [-0.2, -0.15) is 0 Å². The van der Waals surface area contributed by atoms with E-state index in [0.717, 1.165) is 17.3 Å². The molecule has 1 aliphatic carbocycles. The molecule has 3 N–H and O–H groups in total. The molecule has 4 heteroatoms. The molecule has 1 fully saturated rings. The minimum Gasteiger partial charge on any atom is -0.383 e. The highest BCUT2D eigenvalue weighted by atomic mass is 15.1. The summed E-state index contributed by atoms with van der Waals surface area (Å²) in [5, 5.41) is 3.58. The lowest BCUT2D eigenvalue weighted by molar-refractivity contribution is 0.435. The predicted octanol–water partition coefficient (Wildman–Crippen LogP) is 3.03. The van der Waals surface area contributed by atoms with Gasteiger partial charge in [-0.1, -0.05) is 27.7 Å². The molecule has 0 saturated heterocycles. The number of hydrogen-bond acceptors (Lipinski definition) is 4. The van der Waals surface area contributed by atoms with Crippen molar-refractivity contribution in [3.63, 3.8) is 0 Å². The Bertz CT molecular complexity index is 416. The number of nitrogens with one attached hydrogen (secondary N) is 1. The van der Waals surface area contributed by atoms with E-state index >= 15 is 0 Å². The van der Waals surface area contributed by atoms with E-state index in [1.165, 1.54) is 12.8 Å². The molecule has 100 valence electrons. The summed E-state index contributed by atoms with van der Waals surface area (Å²) < 4.78 is 0. The number of nitrogens with zero attached hydrogens (tertiary/aromatic N) is 2. The van der Waals surface area contributed by atoms with Crippen LogP contribution in [-0.2, 0) is 0 Å². The topological polar surface area (TPSA) is 63.8 Å². The van der Waals surface area contributed by atoms with Gasteiger partial charge in [-0.15, -0.1) is 0 Å². The van der Waals surface area contributed by atoms with Crippen LogP contribution in [0.5, 0.6) is 0 Å². The van der Waals surface area contributed by atoms with E-state index in [2.05, 4.69) is 43.0 Å². The summed E-state index contributed by atoms with van der Waals surface area (Å²) in [6, 6.07) is 0.506. The lowest BCUT2D eigenvalue weighted by Gasteiger charge is -2.23. The zero-order valence-corrected chi connectivity index (χ0v) is 11.8. The number of rotatable bonds is 3. The van der Waals surface area contributed by atoms with E-state index < -0.39 is 0 Å². The Morgan fingerprint density at radius 1 is 1.28 bits per heavy atom. The van der Waals surface area contributed by atoms with Gasteiger partial charge in [-0.25, -0.2) is 9.97 Å². The maximum absolute atomic E-state index is 5.97. The molecule has 4 nitrogen and oxygen atoms in total. The van der Waals surface area contributed by atoms with Crippen molar-refractivity contribution in [2.75, 3.05) is 11.1 Å². The van der Waals surface area contributed by atoms with Crippen molar-refractivity contribution >= 4 is 11.6 Å². The van der Waals surface area contributed by atoms with Crippen molar-refractivity contribution in [2.45, 2.75) is 52.5 Å². The van der Waals surface area contributed by atoms with E-state index in [9.17, 15) is 0 Å². The first-order chi connectivity index (χ1) is 8.50. The second-order valence-electron chi connectivity index (χ2n) is 5.84. The number of nitrogen functional groups attached to an aromatic ring is 1. The van der Waals surface area contributed by atoms with E-state index in [4.69, 9.17) is 5.73 Å². The quantitative estimate of drug-likeness (QED) is 0.863. The fourth-order valence-corrected chi connectivity index (χ4v) is 2.84. The summed E-state index contributed by atoms with van der Waals surface area (Å²) in [5.74, 6) is 3.32. The van der Waals surface area contributed by atoms with Gasteiger partial charge in [0.15, 0.2) is 0 Å². The number of anilines is 2. The first kappa shape index (κ1) is 13.1.